The molecule has 1 aliphatic carbocycles. The van der Waals surface area contributed by atoms with Crippen molar-refractivity contribution in [2.24, 2.45) is 10.9 Å². The van der Waals surface area contributed by atoms with E-state index in [-0.39, 0.29) is 29.1 Å². The third-order valence-electron chi connectivity index (χ3n) is 4.95. The summed E-state index contributed by atoms with van der Waals surface area (Å²) in [6.45, 7) is 7.86. The van der Waals surface area contributed by atoms with E-state index in [1.165, 1.54) is 6.07 Å². The Labute approximate surface area is 187 Å². The molecule has 1 heterocycles. The van der Waals surface area contributed by atoms with Gasteiger partial charge in [0, 0.05) is 17.5 Å². The molecule has 2 aromatic rings. The maximum absolute atomic E-state index is 14.2. The van der Waals surface area contributed by atoms with Gasteiger partial charge in [0.05, 0.1) is 23.7 Å². The predicted octanol–water partition coefficient (Wildman–Crippen LogP) is 4.97. The van der Waals surface area contributed by atoms with Gasteiger partial charge in [0.1, 0.15) is 11.5 Å². The van der Waals surface area contributed by atoms with Crippen LogP contribution < -0.4 is 10.6 Å². The van der Waals surface area contributed by atoms with Crippen molar-refractivity contribution in [3.63, 3.8) is 0 Å². The monoisotopic (exact) mass is 441 g/mol. The number of hydrogen-bond acceptors (Lipinski definition) is 5. The van der Waals surface area contributed by atoms with E-state index in [2.05, 4.69) is 37.4 Å². The largest absolute Gasteiger partial charge is 0.393 e. The first-order valence-corrected chi connectivity index (χ1v) is 10.7. The van der Waals surface area contributed by atoms with Crippen LogP contribution in [0, 0.1) is 36.3 Å². The summed E-state index contributed by atoms with van der Waals surface area (Å²) in [7, 11) is 0. The van der Waals surface area contributed by atoms with Gasteiger partial charge < -0.3 is 15.7 Å². The zero-order valence-corrected chi connectivity index (χ0v) is 18.8. The fraction of sp³-hybridized carbons (Fsp3) is 0.458. The SMILES string of the molecule is Cc1nc(NC(C)(C)C)ncc1NC(C#CC1CCC(O)CC1)=Nc1ccc(F)cc1F. The van der Waals surface area contributed by atoms with Gasteiger partial charge in [-0.15, -0.1) is 0 Å². The lowest BCUT2D eigenvalue weighted by Gasteiger charge is -2.21. The second-order valence-corrected chi connectivity index (χ2v) is 9.02. The number of aliphatic hydroxyl groups is 1. The maximum atomic E-state index is 14.2. The van der Waals surface area contributed by atoms with E-state index in [0.29, 0.717) is 30.2 Å². The maximum Gasteiger partial charge on any atom is 0.223 e. The summed E-state index contributed by atoms with van der Waals surface area (Å²) < 4.78 is 27.5. The van der Waals surface area contributed by atoms with Crippen molar-refractivity contribution < 1.29 is 13.9 Å². The highest BCUT2D eigenvalue weighted by Crippen LogP contribution is 2.24. The summed E-state index contributed by atoms with van der Waals surface area (Å²) in [6.07, 6.45) is 4.35. The van der Waals surface area contributed by atoms with Crippen molar-refractivity contribution in [3.05, 3.63) is 41.7 Å². The van der Waals surface area contributed by atoms with Gasteiger partial charge in [0.15, 0.2) is 11.7 Å². The first-order chi connectivity index (χ1) is 15.1. The van der Waals surface area contributed by atoms with E-state index in [1.807, 2.05) is 27.7 Å². The number of aliphatic imine (C=N–C) groups is 1. The Kier molecular flexibility index (Phi) is 7.41. The fourth-order valence-electron chi connectivity index (χ4n) is 3.28. The number of amidine groups is 1. The van der Waals surface area contributed by atoms with E-state index < -0.39 is 11.6 Å². The zero-order valence-electron chi connectivity index (χ0n) is 18.8. The van der Waals surface area contributed by atoms with Gasteiger partial charge in [-0.3, -0.25) is 0 Å². The van der Waals surface area contributed by atoms with Crippen LogP contribution in [0.4, 0.5) is 26.1 Å². The van der Waals surface area contributed by atoms with Crippen molar-refractivity contribution in [1.82, 2.24) is 9.97 Å². The topological polar surface area (TPSA) is 82.4 Å². The van der Waals surface area contributed by atoms with E-state index in [1.54, 1.807) is 6.20 Å². The van der Waals surface area contributed by atoms with Gasteiger partial charge >= 0.3 is 0 Å². The minimum atomic E-state index is -0.774. The van der Waals surface area contributed by atoms with E-state index in [4.69, 9.17) is 0 Å². The first-order valence-electron chi connectivity index (χ1n) is 10.7. The number of benzene rings is 1. The quantitative estimate of drug-likeness (QED) is 0.356. The Balaban J connectivity index is 1.88. The fourth-order valence-corrected chi connectivity index (χ4v) is 3.28. The third kappa shape index (κ3) is 6.99. The molecule has 0 atom stereocenters. The van der Waals surface area contributed by atoms with Crippen molar-refractivity contribution in [1.29, 1.82) is 0 Å². The van der Waals surface area contributed by atoms with Crippen LogP contribution >= 0.6 is 0 Å². The normalized spacial score (nSPS) is 19.2. The van der Waals surface area contributed by atoms with Crippen LogP contribution in [0.15, 0.2) is 29.4 Å². The molecule has 1 saturated carbocycles. The summed E-state index contributed by atoms with van der Waals surface area (Å²) in [5.74, 6) is 5.56. The summed E-state index contributed by atoms with van der Waals surface area (Å²) >= 11 is 0. The number of anilines is 2. The Morgan fingerprint density at radius 3 is 2.53 bits per heavy atom. The standard InChI is InChI=1S/C24H29F2N5O/c1-15-21(14-27-23(28-15)31-24(2,3)4)30-22(12-7-16-5-9-18(32)10-6-16)29-20-11-8-17(25)13-19(20)26/h8,11,13-14,16,18,32H,5-6,9-10H2,1-4H3,(H,29,30)(H,27,28,31). The first kappa shape index (κ1) is 23.6. The van der Waals surface area contributed by atoms with Gasteiger partial charge in [-0.25, -0.2) is 23.7 Å². The van der Waals surface area contributed by atoms with E-state index in [9.17, 15) is 13.9 Å². The number of rotatable bonds is 3. The molecule has 8 heteroatoms. The molecule has 6 nitrogen and oxygen atoms in total. The lowest BCUT2D eigenvalue weighted by molar-refractivity contribution is 0.119. The molecule has 0 radical (unpaired) electrons. The molecular formula is C24H29F2N5O. The summed E-state index contributed by atoms with van der Waals surface area (Å²) in [5.41, 5.74) is 1.04. The molecule has 1 fully saturated rings. The van der Waals surface area contributed by atoms with Crippen LogP contribution in [0.3, 0.4) is 0 Å². The van der Waals surface area contributed by atoms with Crippen LogP contribution in [0.25, 0.3) is 0 Å². The Bertz CT molecular complexity index is 1040. The molecule has 0 aliphatic heterocycles. The number of nitrogens with zero attached hydrogens (tertiary/aromatic N) is 3. The molecule has 32 heavy (non-hydrogen) atoms. The van der Waals surface area contributed by atoms with Gasteiger partial charge in [-0.05, 0) is 71.4 Å². The molecule has 3 rings (SSSR count). The van der Waals surface area contributed by atoms with Crippen LogP contribution in [0.2, 0.25) is 0 Å². The molecule has 0 unspecified atom stereocenters. The molecule has 0 bridgehead atoms. The zero-order chi connectivity index (χ0) is 23.3. The molecule has 0 saturated heterocycles. The predicted molar refractivity (Wildman–Crippen MR) is 123 cm³/mol. The minimum Gasteiger partial charge on any atom is -0.393 e. The summed E-state index contributed by atoms with van der Waals surface area (Å²) in [4.78, 5) is 13.1. The third-order valence-corrected chi connectivity index (χ3v) is 4.95. The van der Waals surface area contributed by atoms with E-state index in [0.717, 1.165) is 25.0 Å². The van der Waals surface area contributed by atoms with Gasteiger partial charge in [-0.2, -0.15) is 0 Å². The van der Waals surface area contributed by atoms with Crippen LogP contribution in [0.5, 0.6) is 0 Å². The molecule has 1 aromatic heterocycles. The smallest absolute Gasteiger partial charge is 0.223 e. The molecule has 1 aromatic carbocycles. The number of halogens is 2. The Hall–Kier alpha value is -3.05. The Morgan fingerprint density at radius 1 is 1.19 bits per heavy atom. The number of hydrogen-bond donors (Lipinski definition) is 3. The van der Waals surface area contributed by atoms with E-state index >= 15 is 0 Å². The number of aliphatic hydroxyl groups excluding tert-OH is 1. The summed E-state index contributed by atoms with van der Waals surface area (Å²) in [5, 5.41) is 16.0. The van der Waals surface area contributed by atoms with Gasteiger partial charge in [0.2, 0.25) is 5.95 Å². The lowest BCUT2D eigenvalue weighted by atomic mass is 9.88. The van der Waals surface area contributed by atoms with Crippen molar-refractivity contribution in [2.75, 3.05) is 10.6 Å². The lowest BCUT2D eigenvalue weighted by Crippen LogP contribution is -2.27. The van der Waals surface area contributed by atoms with Crippen LogP contribution in [0.1, 0.15) is 52.1 Å². The molecule has 0 amide bonds. The average Bonchev–Trinajstić information content (AvgIpc) is 2.70. The van der Waals surface area contributed by atoms with Gasteiger partial charge in [-0.1, -0.05) is 5.92 Å². The van der Waals surface area contributed by atoms with Crippen molar-refractivity contribution >= 4 is 23.2 Å². The summed E-state index contributed by atoms with van der Waals surface area (Å²) in [6, 6.07) is 3.20. The number of nitrogens with one attached hydrogen (secondary N) is 2. The highest BCUT2D eigenvalue weighted by Gasteiger charge is 2.18. The minimum absolute atomic E-state index is 0.0214. The van der Waals surface area contributed by atoms with Gasteiger partial charge in [0.25, 0.3) is 0 Å². The molecule has 0 spiro atoms. The molecule has 1 aliphatic rings. The molecule has 3 N–H and O–H groups in total. The highest BCUT2D eigenvalue weighted by atomic mass is 19.1. The highest BCUT2D eigenvalue weighted by molar-refractivity contribution is 6.09. The average molecular weight is 442 g/mol. The molecular weight excluding hydrogens is 412 g/mol. The number of aromatic nitrogens is 2. The number of aryl methyl sites for hydroxylation is 1. The second-order valence-electron chi connectivity index (χ2n) is 9.02. The molecule has 170 valence electrons. The Morgan fingerprint density at radius 2 is 1.91 bits per heavy atom. The van der Waals surface area contributed by atoms with Crippen LogP contribution in [-0.4, -0.2) is 32.6 Å². The van der Waals surface area contributed by atoms with Crippen LogP contribution in [-0.2, 0) is 0 Å². The van der Waals surface area contributed by atoms with Crippen molar-refractivity contribution in [2.45, 2.75) is 65.0 Å². The second kappa shape index (κ2) is 10.0. The van der Waals surface area contributed by atoms with Crippen molar-refractivity contribution in [3.8, 4) is 11.8 Å².